The first kappa shape index (κ1) is 11.0. The lowest BCUT2D eigenvalue weighted by Gasteiger charge is -2.20. The summed E-state index contributed by atoms with van der Waals surface area (Å²) in [6.07, 6.45) is 2.66. The zero-order valence-corrected chi connectivity index (χ0v) is 8.39. The normalized spacial score (nSPS) is 17.2. The van der Waals surface area contributed by atoms with E-state index in [2.05, 4.69) is 27.7 Å². The average molecular weight is 158 g/mol. The molecule has 1 aliphatic heterocycles. The number of ether oxygens (including phenoxy) is 1. The molecular weight excluding hydrogens is 136 g/mol. The van der Waals surface area contributed by atoms with Crippen LogP contribution in [0.15, 0.2) is 0 Å². The average Bonchev–Trinajstić information content (AvgIpc) is 2.00. The monoisotopic (exact) mass is 158 g/mol. The summed E-state index contributed by atoms with van der Waals surface area (Å²) in [5, 5.41) is 0. The van der Waals surface area contributed by atoms with E-state index in [0.29, 0.717) is 0 Å². The van der Waals surface area contributed by atoms with E-state index in [0.717, 1.165) is 25.0 Å². The third-order valence-electron chi connectivity index (χ3n) is 2.20. The molecule has 0 aliphatic carbocycles. The van der Waals surface area contributed by atoms with Gasteiger partial charge in [-0.05, 0) is 5.92 Å². The van der Waals surface area contributed by atoms with Crippen LogP contribution in [0.2, 0.25) is 0 Å². The number of hydrogen-bond acceptors (Lipinski definition) is 1. The van der Waals surface area contributed by atoms with Gasteiger partial charge in [-0.25, -0.2) is 0 Å². The van der Waals surface area contributed by atoms with Crippen LogP contribution in [0.25, 0.3) is 0 Å². The Hall–Kier alpha value is -0.0400. The highest BCUT2D eigenvalue weighted by Crippen LogP contribution is 2.05. The van der Waals surface area contributed by atoms with Crippen LogP contribution in [0.3, 0.4) is 0 Å². The van der Waals surface area contributed by atoms with Gasteiger partial charge in [0.2, 0.25) is 0 Å². The molecule has 1 heteroatoms. The minimum absolute atomic E-state index is 0.843. The molecule has 0 atom stereocenters. The molecule has 0 spiro atoms. The molecule has 1 heterocycles. The van der Waals surface area contributed by atoms with Crippen LogP contribution >= 0.6 is 0 Å². The minimum atomic E-state index is 0.843. The summed E-state index contributed by atoms with van der Waals surface area (Å²) in [4.78, 5) is 0. The van der Waals surface area contributed by atoms with Crippen molar-refractivity contribution < 1.29 is 4.74 Å². The molecule has 1 aliphatic rings. The van der Waals surface area contributed by atoms with Gasteiger partial charge in [0.1, 0.15) is 0 Å². The second kappa shape index (κ2) is 6.66. The van der Waals surface area contributed by atoms with Crippen LogP contribution in [0.5, 0.6) is 0 Å². The summed E-state index contributed by atoms with van der Waals surface area (Å²) in [6.45, 7) is 10.9. The van der Waals surface area contributed by atoms with Crippen molar-refractivity contribution in [2.24, 2.45) is 11.8 Å². The zero-order valence-electron chi connectivity index (χ0n) is 8.39. The topological polar surface area (TPSA) is 9.23 Å². The Balaban J connectivity index is 0.000000183. The summed E-state index contributed by atoms with van der Waals surface area (Å²) < 4.78 is 4.83. The van der Waals surface area contributed by atoms with Gasteiger partial charge in [0, 0.05) is 5.92 Å². The first-order chi connectivity index (χ1) is 5.20. The minimum Gasteiger partial charge on any atom is -0.381 e. The molecule has 1 fully saturated rings. The SMILES string of the molecule is CC1COC1.CCC(C)CC. The summed E-state index contributed by atoms with van der Waals surface area (Å²) in [5.74, 6) is 1.78. The largest absolute Gasteiger partial charge is 0.381 e. The molecule has 0 aromatic heterocycles. The van der Waals surface area contributed by atoms with Gasteiger partial charge in [-0.15, -0.1) is 0 Å². The molecule has 0 amide bonds. The van der Waals surface area contributed by atoms with Gasteiger partial charge in [-0.3, -0.25) is 0 Å². The first-order valence-corrected chi connectivity index (χ1v) is 4.78. The van der Waals surface area contributed by atoms with Gasteiger partial charge in [-0.2, -0.15) is 0 Å². The van der Waals surface area contributed by atoms with E-state index >= 15 is 0 Å². The van der Waals surface area contributed by atoms with Gasteiger partial charge in [0.25, 0.3) is 0 Å². The predicted molar refractivity (Wildman–Crippen MR) is 49.7 cm³/mol. The summed E-state index contributed by atoms with van der Waals surface area (Å²) in [6, 6.07) is 0. The Labute approximate surface area is 71.1 Å². The Morgan fingerprint density at radius 1 is 1.27 bits per heavy atom. The standard InChI is InChI=1S/C6H14.C4H8O/c1-4-6(3)5-2;1-4-2-5-3-4/h6H,4-5H2,1-3H3;4H,2-3H2,1H3. The zero-order chi connectivity index (χ0) is 8.69. The van der Waals surface area contributed by atoms with Crippen LogP contribution in [0, 0.1) is 11.8 Å². The molecule has 0 bridgehead atoms. The van der Waals surface area contributed by atoms with E-state index < -0.39 is 0 Å². The molecule has 0 unspecified atom stereocenters. The quantitative estimate of drug-likeness (QED) is 0.600. The lowest BCUT2D eigenvalue weighted by atomic mass is 10.1. The Kier molecular flexibility index (Phi) is 6.63. The van der Waals surface area contributed by atoms with Crippen LogP contribution in [0.4, 0.5) is 0 Å². The van der Waals surface area contributed by atoms with E-state index in [1.165, 1.54) is 12.8 Å². The van der Waals surface area contributed by atoms with Gasteiger partial charge in [-0.1, -0.05) is 40.5 Å². The molecule has 1 saturated heterocycles. The van der Waals surface area contributed by atoms with Crippen molar-refractivity contribution in [1.29, 1.82) is 0 Å². The second-order valence-corrected chi connectivity index (χ2v) is 3.56. The smallest absolute Gasteiger partial charge is 0.0513 e. The maximum Gasteiger partial charge on any atom is 0.0513 e. The van der Waals surface area contributed by atoms with E-state index in [9.17, 15) is 0 Å². The van der Waals surface area contributed by atoms with Crippen molar-refractivity contribution in [3.05, 3.63) is 0 Å². The van der Waals surface area contributed by atoms with E-state index in [1.807, 2.05) is 0 Å². The highest BCUT2D eigenvalue weighted by Gasteiger charge is 2.09. The van der Waals surface area contributed by atoms with Gasteiger partial charge >= 0.3 is 0 Å². The molecule has 1 rings (SSSR count). The second-order valence-electron chi connectivity index (χ2n) is 3.56. The lowest BCUT2D eigenvalue weighted by molar-refractivity contribution is -0.0221. The van der Waals surface area contributed by atoms with E-state index in [1.54, 1.807) is 0 Å². The van der Waals surface area contributed by atoms with Crippen LogP contribution in [-0.4, -0.2) is 13.2 Å². The van der Waals surface area contributed by atoms with Crippen molar-refractivity contribution in [3.63, 3.8) is 0 Å². The predicted octanol–water partition coefficient (Wildman–Crippen LogP) is 3.10. The molecule has 1 nitrogen and oxygen atoms in total. The van der Waals surface area contributed by atoms with Crippen molar-refractivity contribution in [2.45, 2.75) is 40.5 Å². The Morgan fingerprint density at radius 3 is 1.64 bits per heavy atom. The molecule has 11 heavy (non-hydrogen) atoms. The van der Waals surface area contributed by atoms with Crippen LogP contribution in [-0.2, 0) is 4.74 Å². The maximum atomic E-state index is 4.83. The molecule has 0 saturated carbocycles. The maximum absolute atomic E-state index is 4.83. The van der Waals surface area contributed by atoms with Gasteiger partial charge in [0.15, 0.2) is 0 Å². The van der Waals surface area contributed by atoms with Crippen molar-refractivity contribution >= 4 is 0 Å². The van der Waals surface area contributed by atoms with Crippen molar-refractivity contribution in [2.75, 3.05) is 13.2 Å². The fourth-order valence-corrected chi connectivity index (χ4v) is 0.642. The highest BCUT2D eigenvalue weighted by atomic mass is 16.5. The molecule has 0 aromatic carbocycles. The van der Waals surface area contributed by atoms with Crippen molar-refractivity contribution in [1.82, 2.24) is 0 Å². The van der Waals surface area contributed by atoms with Gasteiger partial charge < -0.3 is 4.74 Å². The Morgan fingerprint density at radius 2 is 1.64 bits per heavy atom. The van der Waals surface area contributed by atoms with E-state index in [4.69, 9.17) is 4.74 Å². The third kappa shape index (κ3) is 6.36. The molecule has 0 aromatic rings. The van der Waals surface area contributed by atoms with Crippen LogP contribution < -0.4 is 0 Å². The highest BCUT2D eigenvalue weighted by molar-refractivity contribution is 4.56. The van der Waals surface area contributed by atoms with Crippen molar-refractivity contribution in [3.8, 4) is 0 Å². The number of rotatable bonds is 2. The summed E-state index contributed by atoms with van der Waals surface area (Å²) in [5.41, 5.74) is 0. The molecule has 68 valence electrons. The number of hydrogen-bond donors (Lipinski definition) is 0. The van der Waals surface area contributed by atoms with Gasteiger partial charge in [0.05, 0.1) is 13.2 Å². The fraction of sp³-hybridized carbons (Fsp3) is 1.00. The summed E-state index contributed by atoms with van der Waals surface area (Å²) >= 11 is 0. The summed E-state index contributed by atoms with van der Waals surface area (Å²) in [7, 11) is 0. The third-order valence-corrected chi connectivity index (χ3v) is 2.20. The molecular formula is C10H22O. The Bertz CT molecular complexity index is 72.9. The van der Waals surface area contributed by atoms with E-state index in [-0.39, 0.29) is 0 Å². The lowest BCUT2D eigenvalue weighted by Crippen LogP contribution is -2.23. The fourth-order valence-electron chi connectivity index (χ4n) is 0.642. The van der Waals surface area contributed by atoms with Crippen LogP contribution in [0.1, 0.15) is 40.5 Å². The molecule has 0 N–H and O–H groups in total. The molecule has 0 radical (unpaired) electrons. The first-order valence-electron chi connectivity index (χ1n) is 4.78.